The fraction of sp³-hybridized carbons (Fsp3) is 0.0500. The summed E-state index contributed by atoms with van der Waals surface area (Å²) in [6.07, 6.45) is 3.19. The average Bonchev–Trinajstić information content (AvgIpc) is 2.61. The van der Waals surface area contributed by atoms with Crippen LogP contribution in [0.5, 0.6) is 0 Å². The summed E-state index contributed by atoms with van der Waals surface area (Å²) in [6, 6.07) is 16.2. The topological polar surface area (TPSA) is 94.8 Å². The molecule has 3 aromatic rings. The minimum atomic E-state index is -0.391. The molecule has 0 aliphatic heterocycles. The maximum absolute atomic E-state index is 12.3. The van der Waals surface area contributed by atoms with Crippen molar-refractivity contribution in [3.8, 4) is 0 Å². The Labute approximate surface area is 148 Å². The summed E-state index contributed by atoms with van der Waals surface area (Å²) in [4.78, 5) is 40.7. The van der Waals surface area contributed by atoms with E-state index in [4.69, 9.17) is 0 Å². The Morgan fingerprint density at radius 2 is 1.31 bits per heavy atom. The minimum absolute atomic E-state index is 0.159. The number of benzene rings is 2. The van der Waals surface area contributed by atoms with Crippen LogP contribution in [0.25, 0.3) is 12.2 Å². The third-order valence-electron chi connectivity index (χ3n) is 3.64. The van der Waals surface area contributed by atoms with Gasteiger partial charge in [-0.05, 0) is 35.4 Å². The Kier molecular flexibility index (Phi) is 4.94. The Hall–Kier alpha value is -3.67. The maximum Gasteiger partial charge on any atom is 0.272 e. The van der Waals surface area contributed by atoms with E-state index >= 15 is 0 Å². The Bertz CT molecular complexity index is 1160. The first-order valence-corrected chi connectivity index (χ1v) is 8.00. The highest BCUT2D eigenvalue weighted by atomic mass is 16.1. The van der Waals surface area contributed by atoms with E-state index in [2.05, 4.69) is 15.3 Å². The molecule has 3 N–H and O–H groups in total. The molecule has 1 aromatic heterocycles. The maximum atomic E-state index is 12.3. The minimum Gasteiger partial charge on any atom is -0.326 e. The largest absolute Gasteiger partial charge is 0.326 e. The van der Waals surface area contributed by atoms with Crippen LogP contribution in [0.3, 0.4) is 0 Å². The normalized spacial score (nSPS) is 12.2. The van der Waals surface area contributed by atoms with Gasteiger partial charge in [0.15, 0.2) is 0 Å². The molecule has 0 fully saturated rings. The van der Waals surface area contributed by atoms with Crippen molar-refractivity contribution >= 4 is 23.7 Å². The zero-order valence-electron chi connectivity index (χ0n) is 14.1. The number of hydrogen-bond acceptors (Lipinski definition) is 3. The summed E-state index contributed by atoms with van der Waals surface area (Å²) in [6.45, 7) is 1.43. The number of hydrogen-bond donors (Lipinski definition) is 3. The summed E-state index contributed by atoms with van der Waals surface area (Å²) in [5.74, 6) is -0.159. The Balaban J connectivity index is 1.99. The molecule has 26 heavy (non-hydrogen) atoms. The fourth-order valence-corrected chi connectivity index (χ4v) is 2.44. The second-order valence-electron chi connectivity index (χ2n) is 5.74. The van der Waals surface area contributed by atoms with Gasteiger partial charge in [0, 0.05) is 12.6 Å². The number of rotatable bonds is 3. The molecular weight excluding hydrogens is 330 g/mol. The quantitative estimate of drug-likeness (QED) is 0.650. The van der Waals surface area contributed by atoms with Crippen LogP contribution < -0.4 is 27.1 Å². The molecule has 3 rings (SSSR count). The molecule has 1 heterocycles. The lowest BCUT2D eigenvalue weighted by Crippen LogP contribution is -2.46. The first kappa shape index (κ1) is 17.2. The van der Waals surface area contributed by atoms with Gasteiger partial charge in [0.1, 0.15) is 10.7 Å². The van der Waals surface area contributed by atoms with Crippen molar-refractivity contribution in [3.63, 3.8) is 0 Å². The van der Waals surface area contributed by atoms with E-state index in [9.17, 15) is 14.4 Å². The van der Waals surface area contributed by atoms with Crippen LogP contribution in [-0.2, 0) is 4.79 Å². The number of carbonyl (C=O) groups excluding carboxylic acids is 1. The first-order chi connectivity index (χ1) is 12.5. The van der Waals surface area contributed by atoms with Crippen LogP contribution >= 0.6 is 0 Å². The fourth-order valence-electron chi connectivity index (χ4n) is 2.44. The zero-order valence-corrected chi connectivity index (χ0v) is 14.1. The number of carbonyl (C=O) groups is 1. The second-order valence-corrected chi connectivity index (χ2v) is 5.74. The number of aromatic nitrogens is 2. The van der Waals surface area contributed by atoms with Gasteiger partial charge >= 0.3 is 0 Å². The van der Waals surface area contributed by atoms with Crippen LogP contribution in [0.15, 0.2) is 64.2 Å². The van der Waals surface area contributed by atoms with E-state index in [-0.39, 0.29) is 22.2 Å². The van der Waals surface area contributed by atoms with Crippen molar-refractivity contribution in [3.05, 3.63) is 97.1 Å². The molecule has 2 aromatic carbocycles. The third kappa shape index (κ3) is 4.24. The van der Waals surface area contributed by atoms with Crippen LogP contribution in [0, 0.1) is 0 Å². The van der Waals surface area contributed by atoms with Gasteiger partial charge in [0.05, 0.1) is 0 Å². The summed E-state index contributed by atoms with van der Waals surface area (Å²) < 4.78 is 0. The highest BCUT2D eigenvalue weighted by Gasteiger charge is 1.98. The molecule has 0 saturated heterocycles. The van der Waals surface area contributed by atoms with Crippen molar-refractivity contribution in [2.24, 2.45) is 0 Å². The summed E-state index contributed by atoms with van der Waals surface area (Å²) in [5.41, 5.74) is 1.43. The lowest BCUT2D eigenvalue weighted by molar-refractivity contribution is -0.114. The molecule has 6 nitrogen and oxygen atoms in total. The monoisotopic (exact) mass is 347 g/mol. The summed E-state index contributed by atoms with van der Waals surface area (Å²) >= 11 is 0. The molecule has 6 heteroatoms. The predicted molar refractivity (Wildman–Crippen MR) is 101 cm³/mol. The van der Waals surface area contributed by atoms with Crippen molar-refractivity contribution in [1.29, 1.82) is 0 Å². The van der Waals surface area contributed by atoms with E-state index in [1.54, 1.807) is 36.4 Å². The van der Waals surface area contributed by atoms with Gasteiger partial charge in [0.25, 0.3) is 11.1 Å². The van der Waals surface area contributed by atoms with Gasteiger partial charge in [-0.15, -0.1) is 0 Å². The van der Waals surface area contributed by atoms with Crippen LogP contribution in [0.1, 0.15) is 18.1 Å². The summed E-state index contributed by atoms with van der Waals surface area (Å²) in [7, 11) is 0. The van der Waals surface area contributed by atoms with E-state index in [1.807, 2.05) is 30.3 Å². The number of nitrogens with one attached hydrogen (secondary N) is 3. The van der Waals surface area contributed by atoms with Crippen molar-refractivity contribution in [2.45, 2.75) is 6.92 Å². The van der Waals surface area contributed by atoms with Crippen LogP contribution in [0.4, 0.5) is 5.69 Å². The molecule has 0 unspecified atom stereocenters. The Morgan fingerprint density at radius 1 is 0.808 bits per heavy atom. The second kappa shape index (κ2) is 7.48. The van der Waals surface area contributed by atoms with Gasteiger partial charge in [-0.2, -0.15) is 0 Å². The lowest BCUT2D eigenvalue weighted by Gasteiger charge is -2.01. The molecule has 1 amide bonds. The van der Waals surface area contributed by atoms with Gasteiger partial charge in [0.2, 0.25) is 5.91 Å². The van der Waals surface area contributed by atoms with Crippen molar-refractivity contribution in [1.82, 2.24) is 9.97 Å². The molecular formula is C20H17N3O3. The highest BCUT2D eigenvalue weighted by Crippen LogP contribution is 2.09. The molecule has 0 atom stereocenters. The number of aromatic amines is 2. The third-order valence-corrected chi connectivity index (χ3v) is 3.64. The number of H-pyrrole nitrogens is 2. The average molecular weight is 347 g/mol. The van der Waals surface area contributed by atoms with Gasteiger partial charge in [-0.25, -0.2) is 0 Å². The van der Waals surface area contributed by atoms with Crippen molar-refractivity contribution < 1.29 is 4.79 Å². The molecule has 0 spiro atoms. The van der Waals surface area contributed by atoms with Crippen molar-refractivity contribution in [2.75, 3.05) is 5.32 Å². The lowest BCUT2D eigenvalue weighted by atomic mass is 10.2. The van der Waals surface area contributed by atoms with E-state index < -0.39 is 5.56 Å². The van der Waals surface area contributed by atoms with E-state index in [1.165, 1.54) is 6.92 Å². The summed E-state index contributed by atoms with van der Waals surface area (Å²) in [5, 5.41) is 3.02. The highest BCUT2D eigenvalue weighted by molar-refractivity contribution is 5.88. The smallest absolute Gasteiger partial charge is 0.272 e. The van der Waals surface area contributed by atoms with Gasteiger partial charge in [-0.3, -0.25) is 14.4 Å². The molecule has 0 saturated carbocycles. The predicted octanol–water partition coefficient (Wildman–Crippen LogP) is 0.679. The molecule has 0 bridgehead atoms. The molecule has 0 aliphatic carbocycles. The number of amides is 1. The van der Waals surface area contributed by atoms with Crippen LogP contribution in [-0.4, -0.2) is 15.9 Å². The standard InChI is InChI=1S/C20H17N3O3/c1-13(24)21-16-9-7-15(8-10-16)12-18-20(26)22-17(19(25)23-18)11-14-5-3-2-4-6-14/h2-12H,1H3,(H,21,24)(H,22,26)(H,23,25). The van der Waals surface area contributed by atoms with Gasteiger partial charge < -0.3 is 15.3 Å². The molecule has 130 valence electrons. The zero-order chi connectivity index (χ0) is 18.5. The SMILES string of the molecule is CC(=O)Nc1ccc(C=c2[nH]c(=O)c(=Cc3ccccc3)[nH]c2=O)cc1. The van der Waals surface area contributed by atoms with E-state index in [0.29, 0.717) is 5.69 Å². The van der Waals surface area contributed by atoms with Crippen LogP contribution in [0.2, 0.25) is 0 Å². The molecule has 0 radical (unpaired) electrons. The first-order valence-electron chi connectivity index (χ1n) is 8.00. The van der Waals surface area contributed by atoms with Gasteiger partial charge in [-0.1, -0.05) is 42.5 Å². The Morgan fingerprint density at radius 3 is 1.81 bits per heavy atom. The molecule has 0 aliphatic rings. The van der Waals surface area contributed by atoms with E-state index in [0.717, 1.165) is 11.1 Å². The number of anilines is 1.